The van der Waals surface area contributed by atoms with Crippen LogP contribution in [0.5, 0.6) is 0 Å². The molecule has 96 valence electrons. The molecule has 1 atom stereocenters. The lowest BCUT2D eigenvalue weighted by Gasteiger charge is -2.32. The lowest BCUT2D eigenvalue weighted by Crippen LogP contribution is -2.48. The maximum absolute atomic E-state index is 12.5. The Hall–Kier alpha value is -1.42. The van der Waals surface area contributed by atoms with Gasteiger partial charge in [-0.1, -0.05) is 12.1 Å². The minimum absolute atomic E-state index is 0.0462. The van der Waals surface area contributed by atoms with Crippen LogP contribution in [0.2, 0.25) is 0 Å². The molecule has 2 N–H and O–H groups in total. The molecule has 18 heavy (non-hydrogen) atoms. The Balaban J connectivity index is 2.45. The third kappa shape index (κ3) is 2.25. The van der Waals surface area contributed by atoms with Crippen molar-refractivity contribution in [2.24, 2.45) is 5.73 Å². The maximum Gasteiger partial charge on any atom is 0.245 e. The van der Waals surface area contributed by atoms with Crippen LogP contribution in [0.4, 0.5) is 0 Å². The molecule has 6 heteroatoms. The fourth-order valence-corrected chi connectivity index (χ4v) is 3.87. The van der Waals surface area contributed by atoms with Gasteiger partial charge in [0.2, 0.25) is 10.0 Å². The van der Waals surface area contributed by atoms with E-state index < -0.39 is 16.2 Å². The largest absolute Gasteiger partial charge is 0.315 e. The zero-order valence-electron chi connectivity index (χ0n) is 9.91. The molecular weight excluding hydrogens is 250 g/mol. The van der Waals surface area contributed by atoms with Crippen molar-refractivity contribution in [3.8, 4) is 6.07 Å². The van der Waals surface area contributed by atoms with Gasteiger partial charge in [0, 0.05) is 6.54 Å². The Bertz CT molecular complexity index is 577. The van der Waals surface area contributed by atoms with Crippen LogP contribution >= 0.6 is 0 Å². The van der Waals surface area contributed by atoms with Crippen molar-refractivity contribution in [2.45, 2.75) is 30.3 Å². The Morgan fingerprint density at radius 2 is 2.06 bits per heavy atom. The van der Waals surface area contributed by atoms with Crippen molar-refractivity contribution in [1.82, 2.24) is 4.31 Å². The van der Waals surface area contributed by atoms with Crippen LogP contribution < -0.4 is 5.73 Å². The smallest absolute Gasteiger partial charge is 0.245 e. The van der Waals surface area contributed by atoms with Crippen LogP contribution in [-0.4, -0.2) is 25.4 Å². The van der Waals surface area contributed by atoms with E-state index in [1.54, 1.807) is 12.1 Å². The standard InChI is InChI=1S/C12H15N3O2S/c13-9-10-5-1-2-6-11(10)18(16,17)15-8-4-3-7-12(15)14/h1-2,5-6,12H,3-4,7-8,14H2. The highest BCUT2D eigenvalue weighted by Crippen LogP contribution is 2.24. The Morgan fingerprint density at radius 1 is 1.33 bits per heavy atom. The Morgan fingerprint density at radius 3 is 2.72 bits per heavy atom. The Labute approximate surface area is 107 Å². The van der Waals surface area contributed by atoms with Gasteiger partial charge in [-0.05, 0) is 31.4 Å². The third-order valence-corrected chi connectivity index (χ3v) is 5.08. The molecule has 0 aromatic heterocycles. The molecule has 1 aromatic carbocycles. The van der Waals surface area contributed by atoms with Crippen LogP contribution in [0.3, 0.4) is 0 Å². The van der Waals surface area contributed by atoms with Gasteiger partial charge in [0.15, 0.2) is 0 Å². The number of benzene rings is 1. The quantitative estimate of drug-likeness (QED) is 0.864. The van der Waals surface area contributed by atoms with Crippen LogP contribution in [0, 0.1) is 11.3 Å². The molecule has 1 saturated heterocycles. The maximum atomic E-state index is 12.5. The van der Waals surface area contributed by atoms with Crippen LogP contribution in [0.1, 0.15) is 24.8 Å². The molecule has 1 unspecified atom stereocenters. The van der Waals surface area contributed by atoms with Crippen LogP contribution in [0.15, 0.2) is 29.2 Å². The van der Waals surface area contributed by atoms with Gasteiger partial charge in [-0.2, -0.15) is 9.57 Å². The van der Waals surface area contributed by atoms with E-state index in [0.717, 1.165) is 12.8 Å². The third-order valence-electron chi connectivity index (χ3n) is 3.09. The van der Waals surface area contributed by atoms with E-state index in [1.165, 1.54) is 16.4 Å². The predicted molar refractivity (Wildman–Crippen MR) is 66.9 cm³/mol. The van der Waals surface area contributed by atoms with Gasteiger partial charge in [0.05, 0.1) is 11.7 Å². The molecule has 0 bridgehead atoms. The summed E-state index contributed by atoms with van der Waals surface area (Å²) in [7, 11) is -3.67. The lowest BCUT2D eigenvalue weighted by atomic mass is 10.1. The van der Waals surface area contributed by atoms with Crippen molar-refractivity contribution in [3.05, 3.63) is 29.8 Å². The van der Waals surface area contributed by atoms with E-state index in [0.29, 0.717) is 13.0 Å². The van der Waals surface area contributed by atoms with E-state index in [4.69, 9.17) is 11.0 Å². The molecule has 2 rings (SSSR count). The number of hydrogen-bond acceptors (Lipinski definition) is 4. The number of piperidine rings is 1. The van der Waals surface area contributed by atoms with E-state index >= 15 is 0 Å². The van der Waals surface area contributed by atoms with E-state index in [9.17, 15) is 8.42 Å². The molecule has 1 aliphatic heterocycles. The minimum Gasteiger partial charge on any atom is -0.315 e. The molecular formula is C12H15N3O2S. The summed E-state index contributed by atoms with van der Waals surface area (Å²) in [5.74, 6) is 0. The molecule has 0 saturated carbocycles. The predicted octanol–water partition coefficient (Wildman–Crippen LogP) is 1.02. The fraction of sp³-hybridized carbons (Fsp3) is 0.417. The SMILES string of the molecule is N#Cc1ccccc1S(=O)(=O)N1CCCCC1N. The summed E-state index contributed by atoms with van der Waals surface area (Å²) >= 11 is 0. The summed E-state index contributed by atoms with van der Waals surface area (Å²) in [6.07, 6.45) is 1.92. The van der Waals surface area contributed by atoms with E-state index in [-0.39, 0.29) is 10.5 Å². The van der Waals surface area contributed by atoms with Gasteiger partial charge in [0.25, 0.3) is 0 Å². The number of sulfonamides is 1. The number of nitriles is 1. The van der Waals surface area contributed by atoms with Gasteiger partial charge >= 0.3 is 0 Å². The second kappa shape index (κ2) is 5.06. The van der Waals surface area contributed by atoms with Gasteiger partial charge in [-0.25, -0.2) is 8.42 Å². The fourth-order valence-electron chi connectivity index (χ4n) is 2.14. The number of hydrogen-bond donors (Lipinski definition) is 1. The number of nitrogens with two attached hydrogens (primary N) is 1. The summed E-state index contributed by atoms with van der Waals surface area (Å²) in [6.45, 7) is 0.420. The number of nitrogens with zero attached hydrogens (tertiary/aromatic N) is 2. The lowest BCUT2D eigenvalue weighted by molar-refractivity contribution is 0.258. The van der Waals surface area contributed by atoms with Crippen LogP contribution in [0.25, 0.3) is 0 Å². The molecule has 0 radical (unpaired) electrons. The zero-order chi connectivity index (χ0) is 13.2. The minimum atomic E-state index is -3.67. The highest BCUT2D eigenvalue weighted by atomic mass is 32.2. The van der Waals surface area contributed by atoms with Gasteiger partial charge < -0.3 is 5.73 Å². The number of rotatable bonds is 2. The summed E-state index contributed by atoms with van der Waals surface area (Å²) in [5.41, 5.74) is 6.02. The van der Waals surface area contributed by atoms with Gasteiger partial charge in [-0.3, -0.25) is 0 Å². The van der Waals surface area contributed by atoms with Crippen LogP contribution in [-0.2, 0) is 10.0 Å². The summed E-state index contributed by atoms with van der Waals surface area (Å²) in [5, 5.41) is 8.98. The summed E-state index contributed by atoms with van der Waals surface area (Å²) in [4.78, 5) is 0.0462. The first-order valence-corrected chi connectivity index (χ1v) is 7.28. The van der Waals surface area contributed by atoms with Crippen molar-refractivity contribution in [2.75, 3.05) is 6.54 Å². The molecule has 0 aliphatic carbocycles. The van der Waals surface area contributed by atoms with Crippen molar-refractivity contribution >= 4 is 10.0 Å². The second-order valence-corrected chi connectivity index (χ2v) is 6.15. The molecule has 1 fully saturated rings. The monoisotopic (exact) mass is 265 g/mol. The second-order valence-electron chi connectivity index (χ2n) is 4.29. The van der Waals surface area contributed by atoms with Crippen molar-refractivity contribution in [3.63, 3.8) is 0 Å². The molecule has 0 amide bonds. The normalized spacial score (nSPS) is 21.4. The molecule has 1 heterocycles. The Kier molecular flexibility index (Phi) is 3.66. The van der Waals surface area contributed by atoms with Gasteiger partial charge in [-0.15, -0.1) is 0 Å². The molecule has 1 aromatic rings. The zero-order valence-corrected chi connectivity index (χ0v) is 10.7. The van der Waals surface area contributed by atoms with Crippen molar-refractivity contribution in [1.29, 1.82) is 5.26 Å². The average Bonchev–Trinajstić information content (AvgIpc) is 2.39. The molecule has 5 nitrogen and oxygen atoms in total. The highest BCUT2D eigenvalue weighted by Gasteiger charge is 2.32. The first kappa shape index (κ1) is 13.0. The van der Waals surface area contributed by atoms with Crippen molar-refractivity contribution < 1.29 is 8.42 Å². The first-order valence-electron chi connectivity index (χ1n) is 5.84. The topological polar surface area (TPSA) is 87.2 Å². The average molecular weight is 265 g/mol. The summed E-state index contributed by atoms with van der Waals surface area (Å²) < 4.78 is 26.2. The van der Waals surface area contributed by atoms with E-state index in [1.807, 2.05) is 6.07 Å². The highest BCUT2D eigenvalue weighted by molar-refractivity contribution is 7.89. The van der Waals surface area contributed by atoms with Gasteiger partial charge in [0.1, 0.15) is 11.0 Å². The first-order chi connectivity index (χ1) is 8.57. The molecule has 0 spiro atoms. The summed E-state index contributed by atoms with van der Waals surface area (Å²) in [6, 6.07) is 8.13. The molecule has 1 aliphatic rings. The van der Waals surface area contributed by atoms with E-state index in [2.05, 4.69) is 0 Å².